The molecule has 140 valence electrons. The molecule has 1 aromatic rings. The summed E-state index contributed by atoms with van der Waals surface area (Å²) in [5.74, 6) is 0.521. The van der Waals surface area contributed by atoms with Crippen LogP contribution in [0.2, 0.25) is 0 Å². The quantitative estimate of drug-likeness (QED) is 0.831. The van der Waals surface area contributed by atoms with Crippen molar-refractivity contribution < 1.29 is 14.3 Å². The number of nitrogens with zero attached hydrogens (tertiary/aromatic N) is 2. The summed E-state index contributed by atoms with van der Waals surface area (Å²) >= 11 is 0. The van der Waals surface area contributed by atoms with Crippen LogP contribution in [0.3, 0.4) is 0 Å². The van der Waals surface area contributed by atoms with Crippen molar-refractivity contribution in [3.63, 3.8) is 0 Å². The van der Waals surface area contributed by atoms with Crippen molar-refractivity contribution in [1.82, 2.24) is 10.3 Å². The van der Waals surface area contributed by atoms with Crippen molar-refractivity contribution in [1.29, 1.82) is 0 Å². The monoisotopic (exact) mass is 348 g/mol. The number of nitrogens with one attached hydrogen (secondary N) is 1. The third-order valence-corrected chi connectivity index (χ3v) is 6.37. The first-order chi connectivity index (χ1) is 11.8. The molecule has 2 heterocycles. The van der Waals surface area contributed by atoms with Crippen LogP contribution in [0.4, 0.5) is 0 Å². The lowest BCUT2D eigenvalue weighted by Crippen LogP contribution is -2.35. The third kappa shape index (κ3) is 4.99. The number of ketones is 2. The second-order valence-corrected chi connectivity index (χ2v) is 8.29. The van der Waals surface area contributed by atoms with Crippen LogP contribution in [-0.2, 0) is 22.6 Å². The maximum absolute atomic E-state index is 12.9. The molecule has 0 unspecified atom stereocenters. The van der Waals surface area contributed by atoms with E-state index in [1.807, 2.05) is 11.6 Å². The van der Waals surface area contributed by atoms with E-state index in [1.165, 1.54) is 0 Å². The maximum Gasteiger partial charge on any atom is 0.218 e. The van der Waals surface area contributed by atoms with Gasteiger partial charge in [0.1, 0.15) is 18.1 Å². The van der Waals surface area contributed by atoms with E-state index in [4.69, 9.17) is 0 Å². The molecule has 2 bridgehead atoms. The van der Waals surface area contributed by atoms with E-state index in [1.54, 1.807) is 6.92 Å². The molecular weight excluding hydrogens is 314 g/mol. The summed E-state index contributed by atoms with van der Waals surface area (Å²) in [7, 11) is 0. The Morgan fingerprint density at radius 3 is 2.64 bits per heavy atom. The molecule has 0 aliphatic carbocycles. The lowest BCUT2D eigenvalue weighted by molar-refractivity contribution is -0.754. The van der Waals surface area contributed by atoms with Gasteiger partial charge in [-0.05, 0) is 51.9 Å². The number of carbonyl (C=O) groups excluding carboxylic acids is 2. The molecule has 5 nitrogen and oxygen atoms in total. The second-order valence-electron chi connectivity index (χ2n) is 8.29. The number of hydrogen-bond donors (Lipinski definition) is 1. The number of H-pyrrole nitrogens is 1. The molecule has 1 aliphatic rings. The number of fused-ring (bicyclic) bond motifs is 2. The smallest absolute Gasteiger partial charge is 0.218 e. The van der Waals surface area contributed by atoms with Crippen molar-refractivity contribution in [3.8, 4) is 0 Å². The molecule has 0 saturated heterocycles. The summed E-state index contributed by atoms with van der Waals surface area (Å²) < 4.78 is 2.03. The minimum absolute atomic E-state index is 0.194. The van der Waals surface area contributed by atoms with Crippen molar-refractivity contribution in [2.75, 3.05) is 0 Å². The Balaban J connectivity index is 2.18. The SMILES string of the molecule is CC[C@@]1(C)CCCC[n+]2cc(n[nH]2)CCC[C@@](C)(C(C)=O)CCC1=O. The van der Waals surface area contributed by atoms with Crippen LogP contribution >= 0.6 is 0 Å². The van der Waals surface area contributed by atoms with Gasteiger partial charge in [-0.25, -0.2) is 0 Å². The Bertz CT molecular complexity index is 610. The lowest BCUT2D eigenvalue weighted by Gasteiger charge is -2.30. The van der Waals surface area contributed by atoms with Gasteiger partial charge < -0.3 is 0 Å². The highest BCUT2D eigenvalue weighted by atomic mass is 16.1. The molecular formula is C20H34N3O2+. The number of aryl methyl sites for hydroxylation is 2. The predicted octanol–water partition coefficient (Wildman–Crippen LogP) is 3.56. The maximum atomic E-state index is 12.9. The van der Waals surface area contributed by atoms with Gasteiger partial charge in [0, 0.05) is 28.8 Å². The molecule has 25 heavy (non-hydrogen) atoms. The average Bonchev–Trinajstić information content (AvgIpc) is 3.03. The van der Waals surface area contributed by atoms with Crippen LogP contribution in [0.25, 0.3) is 0 Å². The van der Waals surface area contributed by atoms with Crippen LogP contribution in [0.1, 0.15) is 84.8 Å². The molecule has 2 atom stereocenters. The molecule has 0 amide bonds. The van der Waals surface area contributed by atoms with E-state index in [-0.39, 0.29) is 11.2 Å². The fourth-order valence-electron chi connectivity index (χ4n) is 3.74. The molecule has 5 heteroatoms. The largest absolute Gasteiger partial charge is 0.299 e. The summed E-state index contributed by atoms with van der Waals surface area (Å²) in [5, 5.41) is 7.43. The summed E-state index contributed by atoms with van der Waals surface area (Å²) in [6.45, 7) is 8.80. The number of Topliss-reactive ketones (excluding diaryl/α,β-unsaturated/α-hetero) is 2. The molecule has 0 aromatic carbocycles. The number of aromatic nitrogens is 3. The normalized spacial score (nSPS) is 29.7. The highest BCUT2D eigenvalue weighted by molar-refractivity contribution is 5.86. The Hall–Kier alpha value is -1.52. The second kappa shape index (κ2) is 8.24. The predicted molar refractivity (Wildman–Crippen MR) is 97.0 cm³/mol. The minimum Gasteiger partial charge on any atom is -0.299 e. The fourth-order valence-corrected chi connectivity index (χ4v) is 3.74. The molecule has 1 aromatic heterocycles. The first-order valence-corrected chi connectivity index (χ1v) is 9.77. The topological polar surface area (TPSA) is 66.7 Å². The average molecular weight is 349 g/mol. The Morgan fingerprint density at radius 2 is 1.96 bits per heavy atom. The van der Waals surface area contributed by atoms with E-state index in [0.29, 0.717) is 18.6 Å². The van der Waals surface area contributed by atoms with E-state index < -0.39 is 5.41 Å². The van der Waals surface area contributed by atoms with Crippen LogP contribution in [0.5, 0.6) is 0 Å². The number of rotatable bonds is 2. The van der Waals surface area contributed by atoms with E-state index in [0.717, 1.165) is 57.2 Å². The van der Waals surface area contributed by atoms with Gasteiger partial charge in [0.15, 0.2) is 6.20 Å². The van der Waals surface area contributed by atoms with Gasteiger partial charge >= 0.3 is 0 Å². The molecule has 1 aliphatic heterocycles. The molecule has 0 radical (unpaired) electrons. The van der Waals surface area contributed by atoms with E-state index in [9.17, 15) is 9.59 Å². The summed E-state index contributed by atoms with van der Waals surface area (Å²) in [4.78, 5) is 25.1. The Labute approximate surface area is 151 Å². The summed E-state index contributed by atoms with van der Waals surface area (Å²) in [5.41, 5.74) is 0.383. The standard InChI is InChI=1S/C20H33N3O2/c1-5-19(3)11-6-7-14-23-15-17(21-22-23)9-8-12-20(4,16(2)24)13-10-18(19)25/h15H,5-14H2,1-4H3/p+1/t19-,20+/m0/s1. The van der Waals surface area contributed by atoms with Crippen LogP contribution in [0, 0.1) is 10.8 Å². The van der Waals surface area contributed by atoms with Crippen molar-refractivity contribution >= 4 is 11.6 Å². The molecule has 2 rings (SSSR count). The van der Waals surface area contributed by atoms with Gasteiger partial charge in [-0.15, -0.1) is 0 Å². The highest BCUT2D eigenvalue weighted by Gasteiger charge is 2.35. The van der Waals surface area contributed by atoms with Crippen LogP contribution in [-0.4, -0.2) is 21.9 Å². The van der Waals surface area contributed by atoms with Gasteiger partial charge in [-0.2, -0.15) is 4.68 Å². The first kappa shape index (κ1) is 19.8. The number of carbonyl (C=O) groups is 2. The summed E-state index contributed by atoms with van der Waals surface area (Å²) in [6, 6.07) is 0. The lowest BCUT2D eigenvalue weighted by atomic mass is 9.72. The van der Waals surface area contributed by atoms with Gasteiger partial charge in [-0.1, -0.05) is 26.0 Å². The zero-order valence-electron chi connectivity index (χ0n) is 16.4. The van der Waals surface area contributed by atoms with E-state index in [2.05, 4.69) is 30.4 Å². The van der Waals surface area contributed by atoms with Crippen molar-refractivity contribution in [2.24, 2.45) is 10.8 Å². The number of hydrogen-bond acceptors (Lipinski definition) is 3. The van der Waals surface area contributed by atoms with Gasteiger partial charge in [-0.3, -0.25) is 9.59 Å². The van der Waals surface area contributed by atoms with Crippen LogP contribution < -0.4 is 4.68 Å². The van der Waals surface area contributed by atoms with Gasteiger partial charge in [0.05, 0.1) is 0 Å². The Morgan fingerprint density at radius 1 is 1.20 bits per heavy atom. The molecule has 0 fully saturated rings. The van der Waals surface area contributed by atoms with E-state index >= 15 is 0 Å². The zero-order chi connectivity index (χ0) is 18.5. The fraction of sp³-hybridized carbons (Fsp3) is 0.800. The highest BCUT2D eigenvalue weighted by Crippen LogP contribution is 2.36. The van der Waals surface area contributed by atoms with Crippen molar-refractivity contribution in [3.05, 3.63) is 11.9 Å². The summed E-state index contributed by atoms with van der Waals surface area (Å²) in [6.07, 6.45) is 9.71. The molecule has 1 N–H and O–H groups in total. The minimum atomic E-state index is -0.406. The zero-order valence-corrected chi connectivity index (χ0v) is 16.4. The molecule has 0 saturated carbocycles. The number of aromatic amines is 1. The van der Waals surface area contributed by atoms with Gasteiger partial charge in [0.25, 0.3) is 0 Å². The first-order valence-electron chi connectivity index (χ1n) is 9.77. The van der Waals surface area contributed by atoms with Crippen LogP contribution in [0.15, 0.2) is 6.20 Å². The molecule has 0 spiro atoms. The van der Waals surface area contributed by atoms with Crippen molar-refractivity contribution in [2.45, 2.75) is 92.0 Å². The third-order valence-electron chi connectivity index (χ3n) is 6.37. The Kier molecular flexibility index (Phi) is 6.53. The van der Waals surface area contributed by atoms with Gasteiger partial charge in [0.2, 0.25) is 5.69 Å².